The van der Waals surface area contributed by atoms with Crippen molar-refractivity contribution in [1.82, 2.24) is 25.7 Å². The molecule has 2 rings (SSSR count). The molecule has 0 fully saturated rings. The van der Waals surface area contributed by atoms with Crippen molar-refractivity contribution in [2.45, 2.75) is 13.0 Å². The minimum atomic E-state index is -0.132. The zero-order valence-corrected chi connectivity index (χ0v) is 15.2. The van der Waals surface area contributed by atoms with Crippen LogP contribution in [0.25, 0.3) is 0 Å². The lowest BCUT2D eigenvalue weighted by atomic mass is 10.2. The zero-order valence-electron chi connectivity index (χ0n) is 15.2. The summed E-state index contributed by atoms with van der Waals surface area (Å²) in [5, 5.41) is 13.4. The number of hydrogen-bond acceptors (Lipinski definition) is 4. The van der Waals surface area contributed by atoms with Crippen LogP contribution in [0.2, 0.25) is 0 Å². The molecule has 0 aliphatic rings. The van der Waals surface area contributed by atoms with Gasteiger partial charge in [0.2, 0.25) is 0 Å². The van der Waals surface area contributed by atoms with Crippen molar-refractivity contribution in [2.75, 3.05) is 33.8 Å². The number of nitrogens with zero attached hydrogens (tertiary/aromatic N) is 3. The van der Waals surface area contributed by atoms with E-state index in [2.05, 4.69) is 26.0 Å². The second-order valence-corrected chi connectivity index (χ2v) is 5.54. The molecule has 0 radical (unpaired) electrons. The topological polar surface area (TPSA) is 92.6 Å². The number of benzene rings is 1. The molecular formula is C18H26N6O2. The van der Waals surface area contributed by atoms with Crippen molar-refractivity contribution >= 4 is 11.9 Å². The largest absolute Gasteiger partial charge is 0.497 e. The van der Waals surface area contributed by atoms with Gasteiger partial charge in [-0.3, -0.25) is 14.5 Å². The second kappa shape index (κ2) is 10.8. The van der Waals surface area contributed by atoms with Crippen LogP contribution in [0, 0.1) is 0 Å². The zero-order chi connectivity index (χ0) is 18.6. The first-order valence-corrected chi connectivity index (χ1v) is 8.57. The van der Waals surface area contributed by atoms with E-state index in [1.54, 1.807) is 44.6 Å². The third-order valence-electron chi connectivity index (χ3n) is 3.67. The summed E-state index contributed by atoms with van der Waals surface area (Å²) in [5.74, 6) is 1.24. The molecule has 0 unspecified atom stereocenters. The fraction of sp³-hybridized carbons (Fsp3) is 0.389. The van der Waals surface area contributed by atoms with E-state index in [0.29, 0.717) is 30.4 Å². The van der Waals surface area contributed by atoms with Crippen LogP contribution in [0.3, 0.4) is 0 Å². The van der Waals surface area contributed by atoms with Gasteiger partial charge in [0.1, 0.15) is 5.75 Å². The molecule has 0 spiro atoms. The van der Waals surface area contributed by atoms with E-state index >= 15 is 0 Å². The number of carbonyl (C=O) groups excluding carboxylic acids is 1. The maximum atomic E-state index is 12.1. The van der Waals surface area contributed by atoms with E-state index in [1.807, 2.05) is 16.9 Å². The van der Waals surface area contributed by atoms with Gasteiger partial charge < -0.3 is 20.7 Å². The molecule has 0 aliphatic carbocycles. The summed E-state index contributed by atoms with van der Waals surface area (Å²) in [6, 6.07) is 8.98. The second-order valence-electron chi connectivity index (χ2n) is 5.54. The molecule has 8 heteroatoms. The van der Waals surface area contributed by atoms with Crippen molar-refractivity contribution in [3.05, 3.63) is 48.3 Å². The number of aliphatic imine (C=N–C) groups is 1. The number of amides is 1. The molecule has 3 N–H and O–H groups in total. The molecule has 0 bridgehead atoms. The number of aromatic nitrogens is 2. The number of carbonyl (C=O) groups is 1. The third-order valence-corrected chi connectivity index (χ3v) is 3.67. The highest BCUT2D eigenvalue weighted by molar-refractivity contribution is 5.94. The Kier molecular flexibility index (Phi) is 7.98. The smallest absolute Gasteiger partial charge is 0.251 e. The molecule has 0 saturated heterocycles. The Morgan fingerprint density at radius 2 is 2.00 bits per heavy atom. The lowest BCUT2D eigenvalue weighted by Gasteiger charge is -2.12. The fourth-order valence-corrected chi connectivity index (χ4v) is 2.32. The Balaban J connectivity index is 1.61. The van der Waals surface area contributed by atoms with E-state index in [0.717, 1.165) is 19.5 Å². The van der Waals surface area contributed by atoms with Gasteiger partial charge in [-0.05, 0) is 30.7 Å². The van der Waals surface area contributed by atoms with Gasteiger partial charge in [0.25, 0.3) is 5.91 Å². The summed E-state index contributed by atoms with van der Waals surface area (Å²) in [4.78, 5) is 16.3. The van der Waals surface area contributed by atoms with E-state index in [-0.39, 0.29) is 5.91 Å². The van der Waals surface area contributed by atoms with Gasteiger partial charge in [0.05, 0.1) is 7.11 Å². The molecule has 1 heterocycles. The highest BCUT2D eigenvalue weighted by atomic mass is 16.5. The molecule has 8 nitrogen and oxygen atoms in total. The Labute approximate surface area is 153 Å². The van der Waals surface area contributed by atoms with Crippen LogP contribution in [-0.2, 0) is 6.54 Å². The number of ether oxygens (including phenoxy) is 1. The maximum Gasteiger partial charge on any atom is 0.251 e. The minimum Gasteiger partial charge on any atom is -0.497 e. The average Bonchev–Trinajstić information content (AvgIpc) is 3.20. The van der Waals surface area contributed by atoms with Gasteiger partial charge in [-0.15, -0.1) is 0 Å². The Hall–Kier alpha value is -3.03. The van der Waals surface area contributed by atoms with Gasteiger partial charge in [-0.1, -0.05) is 6.07 Å². The molecule has 0 aliphatic heterocycles. The summed E-state index contributed by atoms with van der Waals surface area (Å²) >= 11 is 0. The van der Waals surface area contributed by atoms with Crippen LogP contribution in [0.4, 0.5) is 0 Å². The summed E-state index contributed by atoms with van der Waals surface area (Å²) in [6.45, 7) is 2.71. The van der Waals surface area contributed by atoms with Crippen LogP contribution in [-0.4, -0.2) is 55.4 Å². The van der Waals surface area contributed by atoms with Crippen molar-refractivity contribution in [1.29, 1.82) is 0 Å². The molecule has 1 amide bonds. The summed E-state index contributed by atoms with van der Waals surface area (Å²) in [5.41, 5.74) is 0.575. The number of nitrogens with one attached hydrogen (secondary N) is 3. The summed E-state index contributed by atoms with van der Waals surface area (Å²) in [7, 11) is 3.30. The molecule has 0 saturated carbocycles. The first-order valence-electron chi connectivity index (χ1n) is 8.57. The first kappa shape index (κ1) is 19.3. The van der Waals surface area contributed by atoms with E-state index in [4.69, 9.17) is 4.74 Å². The van der Waals surface area contributed by atoms with Crippen molar-refractivity contribution in [3.63, 3.8) is 0 Å². The minimum absolute atomic E-state index is 0.132. The van der Waals surface area contributed by atoms with Crippen LogP contribution in [0.15, 0.2) is 47.7 Å². The van der Waals surface area contributed by atoms with Gasteiger partial charge in [0.15, 0.2) is 5.96 Å². The molecule has 0 atom stereocenters. The Morgan fingerprint density at radius 3 is 2.73 bits per heavy atom. The number of rotatable bonds is 9. The summed E-state index contributed by atoms with van der Waals surface area (Å²) < 4.78 is 7.02. The standard InChI is InChI=1S/C18H26N6O2/c1-19-18(21-8-4-12-24-13-5-9-23-24)22-11-10-20-17(25)15-6-3-7-16(14-15)26-2/h3,5-7,9,13-14H,4,8,10-12H2,1-2H3,(H,20,25)(H2,19,21,22). The van der Waals surface area contributed by atoms with Gasteiger partial charge in [-0.25, -0.2) is 0 Å². The van der Waals surface area contributed by atoms with Crippen LogP contribution in [0.1, 0.15) is 16.8 Å². The van der Waals surface area contributed by atoms with Gasteiger partial charge in [-0.2, -0.15) is 5.10 Å². The molecule has 1 aromatic heterocycles. The molecular weight excluding hydrogens is 332 g/mol. The SMILES string of the molecule is CN=C(NCCCn1cccn1)NCCNC(=O)c1cccc(OC)c1. The molecule has 1 aromatic carbocycles. The molecule has 140 valence electrons. The van der Waals surface area contributed by atoms with Crippen LogP contribution in [0.5, 0.6) is 5.75 Å². The normalized spacial score (nSPS) is 11.1. The fourth-order valence-electron chi connectivity index (χ4n) is 2.32. The molecule has 26 heavy (non-hydrogen) atoms. The number of methoxy groups -OCH3 is 1. The van der Waals surface area contributed by atoms with Crippen LogP contribution >= 0.6 is 0 Å². The molecule has 2 aromatic rings. The predicted octanol–water partition coefficient (Wildman–Crippen LogP) is 0.877. The monoisotopic (exact) mass is 358 g/mol. The lowest BCUT2D eigenvalue weighted by molar-refractivity contribution is 0.0954. The predicted molar refractivity (Wildman–Crippen MR) is 102 cm³/mol. The Morgan fingerprint density at radius 1 is 1.19 bits per heavy atom. The number of hydrogen-bond donors (Lipinski definition) is 3. The lowest BCUT2D eigenvalue weighted by Crippen LogP contribution is -2.42. The highest BCUT2D eigenvalue weighted by Gasteiger charge is 2.06. The third kappa shape index (κ3) is 6.46. The van der Waals surface area contributed by atoms with Crippen molar-refractivity contribution < 1.29 is 9.53 Å². The first-order chi connectivity index (χ1) is 12.7. The van der Waals surface area contributed by atoms with Gasteiger partial charge >= 0.3 is 0 Å². The maximum absolute atomic E-state index is 12.1. The van der Waals surface area contributed by atoms with Crippen LogP contribution < -0.4 is 20.7 Å². The van der Waals surface area contributed by atoms with E-state index in [1.165, 1.54) is 0 Å². The Bertz CT molecular complexity index is 699. The quantitative estimate of drug-likeness (QED) is 0.352. The van der Waals surface area contributed by atoms with E-state index < -0.39 is 0 Å². The number of aryl methyl sites for hydroxylation is 1. The highest BCUT2D eigenvalue weighted by Crippen LogP contribution is 2.12. The van der Waals surface area contributed by atoms with E-state index in [9.17, 15) is 4.79 Å². The van der Waals surface area contributed by atoms with Gasteiger partial charge in [0, 0.05) is 51.2 Å². The average molecular weight is 358 g/mol. The summed E-state index contributed by atoms with van der Waals surface area (Å²) in [6.07, 6.45) is 4.65. The van der Waals surface area contributed by atoms with Crippen molar-refractivity contribution in [2.24, 2.45) is 4.99 Å². The number of guanidine groups is 1. The van der Waals surface area contributed by atoms with Crippen molar-refractivity contribution in [3.8, 4) is 5.75 Å².